The highest BCUT2D eigenvalue weighted by atomic mass is 35.5. The molecule has 1 aliphatic rings. The van der Waals surface area contributed by atoms with Gasteiger partial charge in [0, 0.05) is 18.0 Å². The van der Waals surface area contributed by atoms with Crippen molar-refractivity contribution in [2.24, 2.45) is 0 Å². The van der Waals surface area contributed by atoms with E-state index >= 15 is 0 Å². The monoisotopic (exact) mass is 381 g/mol. The van der Waals surface area contributed by atoms with Crippen LogP contribution in [0.3, 0.4) is 0 Å². The molecule has 1 fully saturated rings. The Morgan fingerprint density at radius 2 is 2.04 bits per heavy atom. The normalized spacial score (nSPS) is 13.6. The van der Waals surface area contributed by atoms with Crippen molar-refractivity contribution in [3.8, 4) is 16.8 Å². The van der Waals surface area contributed by atoms with Crippen molar-refractivity contribution in [3.05, 3.63) is 58.4 Å². The van der Waals surface area contributed by atoms with Gasteiger partial charge in [0.15, 0.2) is 5.82 Å². The zero-order valence-corrected chi connectivity index (χ0v) is 16.0. The number of rotatable bonds is 5. The summed E-state index contributed by atoms with van der Waals surface area (Å²) in [6.07, 6.45) is 2.71. The first-order chi connectivity index (χ1) is 13.1. The van der Waals surface area contributed by atoms with Gasteiger partial charge in [-0.1, -0.05) is 48.9 Å². The largest absolute Gasteiger partial charge is 0.349 e. The molecule has 27 heavy (non-hydrogen) atoms. The maximum Gasteiger partial charge on any atom is 0.253 e. The van der Waals surface area contributed by atoms with Gasteiger partial charge in [0.2, 0.25) is 0 Å². The minimum Gasteiger partial charge on any atom is -0.349 e. The van der Waals surface area contributed by atoms with Crippen LogP contribution in [-0.2, 0) is 6.42 Å². The summed E-state index contributed by atoms with van der Waals surface area (Å²) in [6.45, 7) is 3.88. The molecule has 1 aliphatic carbocycles. The van der Waals surface area contributed by atoms with Crippen molar-refractivity contribution < 1.29 is 4.79 Å². The van der Waals surface area contributed by atoms with Gasteiger partial charge in [-0.15, -0.1) is 5.10 Å². The predicted octanol–water partition coefficient (Wildman–Crippen LogP) is 3.75. The van der Waals surface area contributed by atoms with Crippen molar-refractivity contribution in [1.29, 1.82) is 0 Å². The van der Waals surface area contributed by atoms with E-state index in [1.807, 2.05) is 50.2 Å². The molecule has 0 aliphatic heterocycles. The molecule has 0 bridgehead atoms. The lowest BCUT2D eigenvalue weighted by Crippen LogP contribution is -2.27. The third kappa shape index (κ3) is 3.32. The van der Waals surface area contributed by atoms with Crippen LogP contribution in [0.25, 0.3) is 16.8 Å². The van der Waals surface area contributed by atoms with Gasteiger partial charge in [-0.3, -0.25) is 4.79 Å². The number of amides is 1. The molecule has 0 unspecified atom stereocenters. The molecule has 1 heterocycles. The number of carbonyl (C=O) groups excluding carboxylic acids is 1. The van der Waals surface area contributed by atoms with E-state index in [1.54, 1.807) is 4.68 Å². The Morgan fingerprint density at radius 3 is 2.70 bits per heavy atom. The van der Waals surface area contributed by atoms with Crippen LogP contribution in [0.4, 0.5) is 0 Å². The van der Waals surface area contributed by atoms with Crippen molar-refractivity contribution in [3.63, 3.8) is 0 Å². The number of benzene rings is 2. The summed E-state index contributed by atoms with van der Waals surface area (Å²) < 4.78 is 1.69. The third-order valence-corrected chi connectivity index (χ3v) is 5.19. The van der Waals surface area contributed by atoms with Gasteiger partial charge in [0.05, 0.1) is 16.3 Å². The van der Waals surface area contributed by atoms with Gasteiger partial charge in [0.1, 0.15) is 0 Å². The van der Waals surface area contributed by atoms with Crippen molar-refractivity contribution in [1.82, 2.24) is 25.5 Å². The second-order valence-corrected chi connectivity index (χ2v) is 7.11. The van der Waals surface area contributed by atoms with E-state index < -0.39 is 0 Å². The van der Waals surface area contributed by atoms with Crippen LogP contribution in [0.15, 0.2) is 36.4 Å². The van der Waals surface area contributed by atoms with Crippen molar-refractivity contribution in [2.75, 3.05) is 0 Å². The average Bonchev–Trinajstić information content (AvgIpc) is 3.36. The van der Waals surface area contributed by atoms with Crippen LogP contribution < -0.4 is 5.32 Å². The lowest BCUT2D eigenvalue weighted by Gasteiger charge is -2.17. The SMILES string of the molecule is CCc1nnnn1-c1cc(-c2ccccc2)c(Cl)c(C(=O)NC2CC2)c1C. The standard InChI is InChI=1S/C20H20ClN5O/c1-3-17-23-24-25-26(17)16-11-15(13-7-5-4-6-8-13)19(21)18(12(16)2)20(27)22-14-9-10-14/h4-8,11,14H,3,9-10H2,1-2H3,(H,22,27). The number of hydrogen-bond donors (Lipinski definition) is 1. The van der Waals surface area contributed by atoms with Crippen molar-refractivity contribution in [2.45, 2.75) is 39.2 Å². The fourth-order valence-corrected chi connectivity index (χ4v) is 3.54. The van der Waals surface area contributed by atoms with Gasteiger partial charge in [-0.25, -0.2) is 0 Å². The number of hydrogen-bond acceptors (Lipinski definition) is 4. The quantitative estimate of drug-likeness (QED) is 0.730. The number of nitrogens with zero attached hydrogens (tertiary/aromatic N) is 4. The van der Waals surface area contributed by atoms with E-state index in [9.17, 15) is 4.79 Å². The molecule has 2 aromatic carbocycles. The lowest BCUT2D eigenvalue weighted by molar-refractivity contribution is 0.0950. The van der Waals surface area contributed by atoms with E-state index in [1.165, 1.54) is 0 Å². The minimum absolute atomic E-state index is 0.148. The van der Waals surface area contributed by atoms with Gasteiger partial charge < -0.3 is 5.32 Å². The van der Waals surface area contributed by atoms with Crippen LogP contribution >= 0.6 is 11.6 Å². The molecule has 0 radical (unpaired) electrons. The van der Waals surface area contributed by atoms with E-state index in [2.05, 4.69) is 20.8 Å². The van der Waals surface area contributed by atoms with Gasteiger partial charge >= 0.3 is 0 Å². The van der Waals surface area contributed by atoms with Gasteiger partial charge in [-0.05, 0) is 47.4 Å². The number of aryl methyl sites for hydroxylation is 1. The maximum atomic E-state index is 12.9. The maximum absolute atomic E-state index is 12.9. The molecule has 0 saturated heterocycles. The summed E-state index contributed by atoms with van der Waals surface area (Å²) >= 11 is 6.73. The fourth-order valence-electron chi connectivity index (χ4n) is 3.15. The number of tetrazole rings is 1. The van der Waals surface area contributed by atoms with Crippen LogP contribution in [0.5, 0.6) is 0 Å². The molecule has 7 heteroatoms. The second-order valence-electron chi connectivity index (χ2n) is 6.73. The van der Waals surface area contributed by atoms with E-state index in [0.717, 1.165) is 41.0 Å². The zero-order valence-electron chi connectivity index (χ0n) is 15.2. The van der Waals surface area contributed by atoms with E-state index in [4.69, 9.17) is 11.6 Å². The summed E-state index contributed by atoms with van der Waals surface area (Å²) in [5.41, 5.74) is 3.74. The summed E-state index contributed by atoms with van der Waals surface area (Å²) in [5.74, 6) is 0.582. The number of carbonyl (C=O) groups is 1. The van der Waals surface area contributed by atoms with Gasteiger partial charge in [-0.2, -0.15) is 4.68 Å². The smallest absolute Gasteiger partial charge is 0.253 e. The molecule has 138 valence electrons. The topological polar surface area (TPSA) is 72.7 Å². The average molecular weight is 382 g/mol. The Morgan fingerprint density at radius 1 is 1.30 bits per heavy atom. The molecule has 0 spiro atoms. The first-order valence-corrected chi connectivity index (χ1v) is 9.45. The Labute approximate surface area is 162 Å². The van der Waals surface area contributed by atoms with Crippen LogP contribution in [-0.4, -0.2) is 32.2 Å². The molecule has 3 aromatic rings. The fraction of sp³-hybridized carbons (Fsp3) is 0.300. The highest BCUT2D eigenvalue weighted by molar-refractivity contribution is 6.37. The van der Waals surface area contributed by atoms with Gasteiger partial charge in [0.25, 0.3) is 5.91 Å². The molecule has 1 saturated carbocycles. The summed E-state index contributed by atoms with van der Waals surface area (Å²) in [6, 6.07) is 12.0. The highest BCUT2D eigenvalue weighted by Gasteiger charge is 2.28. The van der Waals surface area contributed by atoms with E-state index in [0.29, 0.717) is 17.0 Å². The second kappa shape index (κ2) is 7.12. The molecular formula is C20H20ClN5O. The number of aromatic nitrogens is 4. The number of nitrogens with one attached hydrogen (secondary N) is 1. The predicted molar refractivity (Wildman–Crippen MR) is 104 cm³/mol. The molecule has 6 nitrogen and oxygen atoms in total. The first kappa shape index (κ1) is 17.7. The van der Waals surface area contributed by atoms with Crippen LogP contribution in [0, 0.1) is 6.92 Å². The molecule has 4 rings (SSSR count). The molecule has 0 atom stereocenters. The third-order valence-electron chi connectivity index (χ3n) is 4.80. The minimum atomic E-state index is -0.148. The molecule has 1 amide bonds. The summed E-state index contributed by atoms with van der Waals surface area (Å²) in [4.78, 5) is 12.9. The Balaban J connectivity index is 1.94. The molecule has 1 N–H and O–H groups in total. The molecule has 1 aromatic heterocycles. The zero-order chi connectivity index (χ0) is 19.0. The summed E-state index contributed by atoms with van der Waals surface area (Å²) in [7, 11) is 0. The number of halogens is 1. The Kier molecular flexibility index (Phi) is 4.66. The van der Waals surface area contributed by atoms with Crippen molar-refractivity contribution >= 4 is 17.5 Å². The van der Waals surface area contributed by atoms with E-state index in [-0.39, 0.29) is 11.9 Å². The summed E-state index contributed by atoms with van der Waals surface area (Å²) in [5, 5.41) is 15.5. The lowest BCUT2D eigenvalue weighted by atomic mass is 9.97. The Hall–Kier alpha value is -2.73. The first-order valence-electron chi connectivity index (χ1n) is 9.07. The van der Waals surface area contributed by atoms with Crippen LogP contribution in [0.1, 0.15) is 41.5 Å². The Bertz CT molecular complexity index is 995. The molecular weight excluding hydrogens is 362 g/mol. The highest BCUT2D eigenvalue weighted by Crippen LogP contribution is 2.36. The van der Waals surface area contributed by atoms with Crippen LogP contribution in [0.2, 0.25) is 5.02 Å².